The number of carboxylic acids is 1. The summed E-state index contributed by atoms with van der Waals surface area (Å²) in [5, 5.41) is 37.4. The molecule has 0 aliphatic carbocycles. The number of carbonyl (C=O) groups is 2. The maximum Gasteiger partial charge on any atom is 0.335 e. The fraction of sp³-hybridized carbons (Fsp3) is 0.318. The maximum atomic E-state index is 13.1. The molecule has 2 unspecified atom stereocenters. The van der Waals surface area contributed by atoms with Crippen molar-refractivity contribution in [2.24, 2.45) is 0 Å². The minimum absolute atomic E-state index is 0.000662. The van der Waals surface area contributed by atoms with E-state index in [1.165, 1.54) is 12.1 Å². The number of amides is 1. The molecule has 312 valence electrons. The largest absolute Gasteiger partial charge is 0.478 e. The molecule has 61 heavy (non-hydrogen) atoms. The standard InChI is InChI=1S/C22H22N6O2.C12H16N4.C10H8N2O3/c1-15-13-27(14-20-7-6-17(11-23)12-24-20)8-9-28(15)22(29)19-5-3-4-18(10-19)21-25-16(2)30-26-21;1-10-8-16(5-4-14-10)9-12-3-2-11(6-13)7-15-12;1-6-11-9(12-15-6)7-3-2-4-8(5-7)10(13)14/h3-7,10,12,15H,8-9,13-14H2,1-2H3;2-3,7,10,14H,4-5,8-9H2,1H3;2-5H,1H3,(H,13,14). The highest BCUT2D eigenvalue weighted by molar-refractivity contribution is 5.95. The number of carbonyl (C=O) groups excluding carboxylic acids is 1. The molecule has 1 amide bonds. The van der Waals surface area contributed by atoms with E-state index in [4.69, 9.17) is 24.7 Å². The van der Waals surface area contributed by atoms with Gasteiger partial charge < -0.3 is 24.4 Å². The first kappa shape index (κ1) is 43.4. The Morgan fingerprint density at radius 2 is 1.30 bits per heavy atom. The molecule has 17 nitrogen and oxygen atoms in total. The van der Waals surface area contributed by atoms with Gasteiger partial charge in [-0.1, -0.05) is 34.6 Å². The minimum atomic E-state index is -0.975. The van der Waals surface area contributed by atoms with Crippen molar-refractivity contribution in [1.29, 1.82) is 10.5 Å². The maximum absolute atomic E-state index is 13.1. The average molecular weight is 823 g/mol. The Labute approximate surface area is 353 Å². The van der Waals surface area contributed by atoms with Crippen LogP contribution in [0.1, 0.15) is 68.9 Å². The van der Waals surface area contributed by atoms with Gasteiger partial charge >= 0.3 is 5.97 Å². The van der Waals surface area contributed by atoms with Crippen LogP contribution in [0.5, 0.6) is 0 Å². The van der Waals surface area contributed by atoms with Gasteiger partial charge in [-0.15, -0.1) is 0 Å². The quantitative estimate of drug-likeness (QED) is 0.202. The number of nitrogens with zero attached hydrogens (tertiary/aromatic N) is 11. The number of rotatable bonds is 8. The molecule has 17 heteroatoms. The van der Waals surface area contributed by atoms with Gasteiger partial charge in [-0.3, -0.25) is 24.6 Å². The van der Waals surface area contributed by atoms with E-state index in [2.05, 4.69) is 71.4 Å². The second-order valence-electron chi connectivity index (χ2n) is 14.7. The summed E-state index contributed by atoms with van der Waals surface area (Å²) in [4.78, 5) is 47.3. The number of nitrogens with one attached hydrogen (secondary N) is 1. The van der Waals surface area contributed by atoms with Crippen LogP contribution in [0.25, 0.3) is 22.8 Å². The molecule has 6 aromatic rings. The summed E-state index contributed by atoms with van der Waals surface area (Å²) < 4.78 is 9.85. The molecule has 2 aliphatic rings. The van der Waals surface area contributed by atoms with E-state index in [0.29, 0.717) is 64.8 Å². The van der Waals surface area contributed by atoms with E-state index in [0.717, 1.165) is 56.2 Å². The number of nitriles is 2. The van der Waals surface area contributed by atoms with Gasteiger partial charge in [0.1, 0.15) is 12.1 Å². The van der Waals surface area contributed by atoms with Crippen LogP contribution in [-0.4, -0.2) is 113 Å². The van der Waals surface area contributed by atoms with Gasteiger partial charge in [0.25, 0.3) is 5.91 Å². The first-order chi connectivity index (χ1) is 29.5. The third-order valence-corrected chi connectivity index (χ3v) is 9.89. The number of piperazine rings is 2. The number of aromatic nitrogens is 6. The van der Waals surface area contributed by atoms with E-state index < -0.39 is 5.97 Å². The Hall–Kier alpha value is -7.18. The van der Waals surface area contributed by atoms with Crippen LogP contribution >= 0.6 is 0 Å². The van der Waals surface area contributed by atoms with Crippen molar-refractivity contribution < 1.29 is 23.7 Å². The van der Waals surface area contributed by atoms with E-state index in [-0.39, 0.29) is 17.5 Å². The Kier molecular flexibility index (Phi) is 14.7. The predicted octanol–water partition coefficient (Wildman–Crippen LogP) is 5.15. The van der Waals surface area contributed by atoms with Crippen molar-refractivity contribution in [3.63, 3.8) is 0 Å². The van der Waals surface area contributed by atoms with Crippen molar-refractivity contribution in [2.75, 3.05) is 39.3 Å². The smallest absolute Gasteiger partial charge is 0.335 e. The van der Waals surface area contributed by atoms with E-state index in [1.54, 1.807) is 44.4 Å². The zero-order chi connectivity index (χ0) is 43.3. The molecule has 0 spiro atoms. The molecule has 2 aliphatic heterocycles. The molecule has 6 heterocycles. The van der Waals surface area contributed by atoms with Crippen LogP contribution in [0.3, 0.4) is 0 Å². The molecule has 2 fully saturated rings. The summed E-state index contributed by atoms with van der Waals surface area (Å²) in [5.74, 6) is 0.845. The second kappa shape index (κ2) is 20.7. The Balaban J connectivity index is 0.000000169. The number of carboxylic acid groups (broad SMARTS) is 1. The summed E-state index contributed by atoms with van der Waals surface area (Å²) in [6.07, 6.45) is 3.23. The lowest BCUT2D eigenvalue weighted by atomic mass is 10.1. The van der Waals surface area contributed by atoms with E-state index >= 15 is 0 Å². The predicted molar refractivity (Wildman–Crippen MR) is 222 cm³/mol. The third kappa shape index (κ3) is 12.2. The number of aromatic carboxylic acids is 1. The SMILES string of the molecule is CC1CN(Cc2ccc(C#N)cn2)CCN1.Cc1nc(-c2cccc(C(=O)N3CCN(Cc4ccc(C#N)cn4)CC3C)c2)no1.Cc1nc(-c2cccc(C(=O)O)c2)no1. The van der Waals surface area contributed by atoms with E-state index in [1.807, 2.05) is 47.4 Å². The molecule has 2 atom stereocenters. The first-order valence-electron chi connectivity index (χ1n) is 19.7. The summed E-state index contributed by atoms with van der Waals surface area (Å²) in [6.45, 7) is 14.6. The molecule has 2 saturated heterocycles. The van der Waals surface area contributed by atoms with Crippen LogP contribution < -0.4 is 5.32 Å². The van der Waals surface area contributed by atoms with Gasteiger partial charge in [-0.2, -0.15) is 20.5 Å². The molecule has 0 radical (unpaired) electrons. The highest BCUT2D eigenvalue weighted by Gasteiger charge is 2.28. The molecule has 0 bridgehead atoms. The molecule has 8 rings (SSSR count). The highest BCUT2D eigenvalue weighted by Crippen LogP contribution is 2.21. The van der Waals surface area contributed by atoms with Gasteiger partial charge in [0, 0.05) is 107 Å². The van der Waals surface area contributed by atoms with Crippen LogP contribution in [0.4, 0.5) is 0 Å². The Morgan fingerprint density at radius 1 is 0.754 bits per heavy atom. The molecular weight excluding hydrogens is 777 g/mol. The van der Waals surface area contributed by atoms with Crippen molar-refractivity contribution >= 4 is 11.9 Å². The Bertz CT molecular complexity index is 2490. The van der Waals surface area contributed by atoms with Gasteiger partial charge in [-0.25, -0.2) is 4.79 Å². The highest BCUT2D eigenvalue weighted by atomic mass is 16.5. The number of hydrogen-bond acceptors (Lipinski definition) is 15. The third-order valence-electron chi connectivity index (χ3n) is 9.89. The summed E-state index contributed by atoms with van der Waals surface area (Å²) in [7, 11) is 0. The summed E-state index contributed by atoms with van der Waals surface area (Å²) >= 11 is 0. The van der Waals surface area contributed by atoms with Crippen molar-refractivity contribution in [3.05, 3.63) is 131 Å². The normalized spacial score (nSPS) is 16.5. The molecule has 2 N–H and O–H groups in total. The van der Waals surface area contributed by atoms with Gasteiger partial charge in [0.15, 0.2) is 0 Å². The lowest BCUT2D eigenvalue weighted by Gasteiger charge is -2.39. The fourth-order valence-corrected chi connectivity index (χ4v) is 6.84. The van der Waals surface area contributed by atoms with Crippen LogP contribution in [-0.2, 0) is 13.1 Å². The molecule has 0 saturated carbocycles. The Morgan fingerprint density at radius 3 is 1.75 bits per heavy atom. The number of pyridine rings is 2. The van der Waals surface area contributed by atoms with Crippen LogP contribution in [0, 0.1) is 36.5 Å². The van der Waals surface area contributed by atoms with E-state index in [9.17, 15) is 9.59 Å². The van der Waals surface area contributed by atoms with Gasteiger partial charge in [0.2, 0.25) is 23.4 Å². The zero-order valence-electron chi connectivity index (χ0n) is 34.4. The lowest BCUT2D eigenvalue weighted by Crippen LogP contribution is -2.53. The fourth-order valence-electron chi connectivity index (χ4n) is 6.84. The van der Waals surface area contributed by atoms with Crippen molar-refractivity contribution in [3.8, 4) is 34.9 Å². The lowest BCUT2D eigenvalue weighted by molar-refractivity contribution is 0.0473. The number of aryl methyl sites for hydroxylation is 2. The van der Waals surface area contributed by atoms with Crippen molar-refractivity contribution in [1.82, 2.24) is 50.3 Å². The zero-order valence-corrected chi connectivity index (χ0v) is 34.4. The summed E-state index contributed by atoms with van der Waals surface area (Å²) in [5.41, 5.74) is 5.34. The van der Waals surface area contributed by atoms with Gasteiger partial charge in [0.05, 0.1) is 28.1 Å². The first-order valence-corrected chi connectivity index (χ1v) is 19.7. The molecule has 4 aromatic heterocycles. The number of hydrogen-bond donors (Lipinski definition) is 2. The van der Waals surface area contributed by atoms with Crippen LogP contribution in [0.2, 0.25) is 0 Å². The van der Waals surface area contributed by atoms with Crippen LogP contribution in [0.15, 0.2) is 94.2 Å². The monoisotopic (exact) mass is 822 g/mol. The average Bonchev–Trinajstić information content (AvgIpc) is 3.92. The molecule has 2 aromatic carbocycles. The molecular formula is C44H46N12O5. The second-order valence-corrected chi connectivity index (χ2v) is 14.7. The van der Waals surface area contributed by atoms with Crippen molar-refractivity contribution in [2.45, 2.75) is 52.9 Å². The summed E-state index contributed by atoms with van der Waals surface area (Å²) in [6, 6.07) is 25.9. The minimum Gasteiger partial charge on any atom is -0.478 e. The topological polar surface area (TPSA) is 227 Å². The number of benzene rings is 2. The van der Waals surface area contributed by atoms with Gasteiger partial charge in [-0.05, 0) is 62.4 Å².